The molecule has 2 N–H and O–H groups in total. The third-order valence-electron chi connectivity index (χ3n) is 3.72. The van der Waals surface area contributed by atoms with Crippen LogP contribution in [-0.2, 0) is 13.6 Å². The quantitative estimate of drug-likeness (QED) is 0.764. The number of aromatic nitrogens is 5. The van der Waals surface area contributed by atoms with E-state index >= 15 is 0 Å². The average Bonchev–Trinajstić information content (AvgIpc) is 3.03. The Morgan fingerprint density at radius 3 is 2.76 bits per heavy atom. The van der Waals surface area contributed by atoms with Crippen molar-refractivity contribution in [3.63, 3.8) is 0 Å². The van der Waals surface area contributed by atoms with Gasteiger partial charge in [0.05, 0.1) is 11.9 Å². The maximum absolute atomic E-state index is 4.54. The van der Waals surface area contributed by atoms with E-state index in [2.05, 4.69) is 32.6 Å². The van der Waals surface area contributed by atoms with Crippen molar-refractivity contribution in [2.24, 2.45) is 7.05 Å². The molecule has 0 bridgehead atoms. The van der Waals surface area contributed by atoms with E-state index in [0.29, 0.717) is 6.54 Å². The number of rotatable bonds is 4. The first-order valence-electron chi connectivity index (χ1n) is 6.84. The van der Waals surface area contributed by atoms with Crippen LogP contribution in [0.2, 0.25) is 0 Å². The summed E-state index contributed by atoms with van der Waals surface area (Å²) in [5, 5.41) is 10.9. The van der Waals surface area contributed by atoms with Gasteiger partial charge in [0, 0.05) is 44.3 Å². The molecule has 7 nitrogen and oxygen atoms in total. The van der Waals surface area contributed by atoms with Gasteiger partial charge in [-0.1, -0.05) is 0 Å². The van der Waals surface area contributed by atoms with Crippen molar-refractivity contribution in [1.82, 2.24) is 24.1 Å². The molecule has 0 amide bonds. The highest BCUT2D eigenvalue weighted by molar-refractivity contribution is 5.65. The Labute approximate surface area is 123 Å². The lowest BCUT2D eigenvalue weighted by Gasteiger charge is -2.09. The second kappa shape index (κ2) is 5.08. The summed E-state index contributed by atoms with van der Waals surface area (Å²) in [6.07, 6.45) is 5.58. The van der Waals surface area contributed by atoms with Crippen molar-refractivity contribution in [2.45, 2.75) is 20.4 Å². The minimum atomic E-state index is 0.675. The topological polar surface area (TPSA) is 72.1 Å². The van der Waals surface area contributed by atoms with Gasteiger partial charge in [0.2, 0.25) is 0 Å². The molecule has 0 saturated carbocycles. The summed E-state index contributed by atoms with van der Waals surface area (Å²) in [6.45, 7) is 4.76. The van der Waals surface area contributed by atoms with Crippen LogP contribution in [0.4, 0.5) is 11.6 Å². The molecule has 0 spiro atoms. The Kier molecular flexibility index (Phi) is 3.25. The van der Waals surface area contributed by atoms with Crippen molar-refractivity contribution in [1.29, 1.82) is 0 Å². The van der Waals surface area contributed by atoms with Crippen LogP contribution in [0, 0.1) is 13.8 Å². The first-order chi connectivity index (χ1) is 10.1. The van der Waals surface area contributed by atoms with Crippen LogP contribution < -0.4 is 10.6 Å². The van der Waals surface area contributed by atoms with Crippen LogP contribution in [0.25, 0.3) is 5.65 Å². The maximum Gasteiger partial charge on any atom is 0.180 e. The molecular formula is C14H19N7. The highest BCUT2D eigenvalue weighted by Gasteiger charge is 2.11. The van der Waals surface area contributed by atoms with Crippen molar-refractivity contribution < 1.29 is 0 Å². The fraction of sp³-hybridized carbons (Fsp3) is 0.357. The fourth-order valence-electron chi connectivity index (χ4n) is 2.42. The van der Waals surface area contributed by atoms with Gasteiger partial charge in [-0.05, 0) is 13.8 Å². The number of aryl methyl sites for hydroxylation is 2. The number of nitrogens with one attached hydrogen (secondary N) is 2. The summed E-state index contributed by atoms with van der Waals surface area (Å²) >= 11 is 0. The lowest BCUT2D eigenvalue weighted by molar-refractivity contribution is 0.730. The molecule has 0 saturated heterocycles. The van der Waals surface area contributed by atoms with Gasteiger partial charge in [0.25, 0.3) is 0 Å². The van der Waals surface area contributed by atoms with E-state index in [0.717, 1.165) is 28.7 Å². The summed E-state index contributed by atoms with van der Waals surface area (Å²) in [7, 11) is 3.81. The van der Waals surface area contributed by atoms with E-state index in [4.69, 9.17) is 0 Å². The molecule has 0 radical (unpaired) electrons. The van der Waals surface area contributed by atoms with Crippen LogP contribution in [0.15, 0.2) is 18.6 Å². The third-order valence-corrected chi connectivity index (χ3v) is 3.72. The Bertz CT molecular complexity index is 784. The smallest absolute Gasteiger partial charge is 0.180 e. The van der Waals surface area contributed by atoms with Crippen molar-refractivity contribution in [3.05, 3.63) is 35.5 Å². The zero-order valence-electron chi connectivity index (χ0n) is 12.7. The van der Waals surface area contributed by atoms with Crippen LogP contribution in [-0.4, -0.2) is 31.2 Å². The summed E-state index contributed by atoms with van der Waals surface area (Å²) in [4.78, 5) is 8.89. The number of nitrogens with zero attached hydrogens (tertiary/aromatic N) is 5. The van der Waals surface area contributed by atoms with Crippen LogP contribution in [0.3, 0.4) is 0 Å². The summed E-state index contributed by atoms with van der Waals surface area (Å²) < 4.78 is 3.85. The van der Waals surface area contributed by atoms with Gasteiger partial charge in [0.1, 0.15) is 5.82 Å². The van der Waals surface area contributed by atoms with Crippen molar-refractivity contribution in [2.75, 3.05) is 17.7 Å². The molecule has 0 aromatic carbocycles. The molecule has 3 aromatic rings. The lowest BCUT2D eigenvalue weighted by Crippen LogP contribution is -2.07. The number of hydrogen-bond acceptors (Lipinski definition) is 5. The van der Waals surface area contributed by atoms with Crippen LogP contribution in [0.1, 0.15) is 17.0 Å². The molecular weight excluding hydrogens is 266 g/mol. The molecule has 0 aliphatic heterocycles. The largest absolute Gasteiger partial charge is 0.372 e. The van der Waals surface area contributed by atoms with E-state index in [-0.39, 0.29) is 0 Å². The second-order valence-corrected chi connectivity index (χ2v) is 5.01. The molecule has 0 fully saturated rings. The molecule has 0 aliphatic rings. The minimum Gasteiger partial charge on any atom is -0.372 e. The van der Waals surface area contributed by atoms with Gasteiger partial charge in [0.15, 0.2) is 11.5 Å². The van der Waals surface area contributed by atoms with E-state index < -0.39 is 0 Å². The highest BCUT2D eigenvalue weighted by Crippen LogP contribution is 2.19. The average molecular weight is 285 g/mol. The molecule has 21 heavy (non-hydrogen) atoms. The van der Waals surface area contributed by atoms with E-state index in [1.165, 1.54) is 5.56 Å². The molecule has 110 valence electrons. The molecule has 3 heterocycles. The zero-order chi connectivity index (χ0) is 15.0. The van der Waals surface area contributed by atoms with Gasteiger partial charge in [-0.25, -0.2) is 9.97 Å². The lowest BCUT2D eigenvalue weighted by atomic mass is 10.2. The molecule has 7 heteroatoms. The van der Waals surface area contributed by atoms with Crippen LogP contribution >= 0.6 is 0 Å². The fourth-order valence-corrected chi connectivity index (χ4v) is 2.42. The molecule has 3 rings (SSSR count). The monoisotopic (exact) mass is 285 g/mol. The zero-order valence-corrected chi connectivity index (χ0v) is 12.7. The second-order valence-electron chi connectivity index (χ2n) is 5.01. The summed E-state index contributed by atoms with van der Waals surface area (Å²) in [5.41, 5.74) is 4.20. The van der Waals surface area contributed by atoms with E-state index in [9.17, 15) is 0 Å². The van der Waals surface area contributed by atoms with E-state index in [1.54, 1.807) is 6.20 Å². The van der Waals surface area contributed by atoms with Gasteiger partial charge >= 0.3 is 0 Å². The molecule has 0 unspecified atom stereocenters. The van der Waals surface area contributed by atoms with Gasteiger partial charge < -0.3 is 15.0 Å². The Hall–Kier alpha value is -2.57. The predicted octanol–water partition coefficient (Wildman–Crippen LogP) is 1.73. The number of imidazole rings is 1. The molecule has 0 aliphatic carbocycles. The third kappa shape index (κ3) is 2.31. The van der Waals surface area contributed by atoms with E-state index in [1.807, 2.05) is 42.5 Å². The predicted molar refractivity (Wildman–Crippen MR) is 82.5 cm³/mol. The number of fused-ring (bicyclic) bond motifs is 1. The van der Waals surface area contributed by atoms with Crippen molar-refractivity contribution in [3.8, 4) is 0 Å². The molecule has 3 aromatic heterocycles. The summed E-state index contributed by atoms with van der Waals surface area (Å²) in [5.74, 6) is 1.55. The van der Waals surface area contributed by atoms with Gasteiger partial charge in [-0.2, -0.15) is 5.10 Å². The SMILES string of the molecule is CNc1cn2ccnc2c(NCc2c(C)nn(C)c2C)n1. The standard InChI is InChI=1S/C14H19N7/c1-9-11(10(2)20(4)19-9)7-17-13-14-16-5-6-21(14)8-12(15-3)18-13/h5-6,8,15H,7H2,1-4H3,(H,17,18). The molecule has 0 atom stereocenters. The Morgan fingerprint density at radius 2 is 2.10 bits per heavy atom. The highest BCUT2D eigenvalue weighted by atomic mass is 15.3. The first-order valence-corrected chi connectivity index (χ1v) is 6.84. The number of anilines is 2. The van der Waals surface area contributed by atoms with Crippen molar-refractivity contribution >= 4 is 17.3 Å². The van der Waals surface area contributed by atoms with Gasteiger partial charge in [-0.3, -0.25) is 4.68 Å². The maximum atomic E-state index is 4.54. The van der Waals surface area contributed by atoms with Gasteiger partial charge in [-0.15, -0.1) is 0 Å². The van der Waals surface area contributed by atoms with Crippen LogP contribution in [0.5, 0.6) is 0 Å². The Morgan fingerprint density at radius 1 is 1.29 bits per heavy atom. The first kappa shape index (κ1) is 13.4. The number of hydrogen-bond donors (Lipinski definition) is 2. The minimum absolute atomic E-state index is 0.675. The normalized spacial score (nSPS) is 11.0. The summed E-state index contributed by atoms with van der Waals surface area (Å²) in [6, 6.07) is 0. The Balaban J connectivity index is 1.92.